The molecule has 0 bridgehead atoms. The number of aliphatic hydroxyl groups is 3. The van der Waals surface area contributed by atoms with E-state index in [-0.39, 0.29) is 18.1 Å². The fourth-order valence-electron chi connectivity index (χ4n) is 3.44. The van der Waals surface area contributed by atoms with Crippen LogP contribution in [0, 0.1) is 0 Å². The predicted octanol–water partition coefficient (Wildman–Crippen LogP) is -0.812. The minimum Gasteiger partial charge on any atom is -0.394 e. The molecule has 1 saturated carbocycles. The zero-order chi connectivity index (χ0) is 18.2. The minimum absolute atomic E-state index is 0.119. The highest BCUT2D eigenvalue weighted by Gasteiger charge is 2.49. The number of aliphatic hydroxyl groups excluding tert-OH is 3. The summed E-state index contributed by atoms with van der Waals surface area (Å²) < 4.78 is 32.9. The molecule has 0 aromatic rings. The number of ether oxygens (including phenoxy) is 1. The Bertz CT molecular complexity index is 515. The maximum Gasteiger partial charge on any atom is 0.249 e. The second-order valence-electron chi connectivity index (χ2n) is 6.64. The molecule has 2 heterocycles. The van der Waals surface area contributed by atoms with Crippen molar-refractivity contribution in [2.24, 2.45) is 5.73 Å². The molecule has 25 heavy (non-hydrogen) atoms. The van der Waals surface area contributed by atoms with Gasteiger partial charge in [0.1, 0.15) is 35.6 Å². The number of thioether (sulfide) groups is 1. The predicted molar refractivity (Wildman–Crippen MR) is 86.7 cm³/mol. The highest BCUT2D eigenvalue weighted by Crippen LogP contribution is 2.42. The standard InChI is InChI=1S/C14H24F2N4O4S/c15-14(16)3-1-2-7(4-14)25-13-12(23)10(11(22)8(6-21)24-13)20-5-9(17)18-19-20/h5,7-8,10-13,18-19,21-23H,1-4,6,17H2/t7?,8?,10-,11-,12?,13+/m0/s1. The van der Waals surface area contributed by atoms with E-state index in [1.54, 1.807) is 0 Å². The molecule has 1 saturated heterocycles. The Kier molecular flexibility index (Phi) is 5.61. The second-order valence-corrected chi connectivity index (χ2v) is 8.04. The van der Waals surface area contributed by atoms with Gasteiger partial charge >= 0.3 is 0 Å². The lowest BCUT2D eigenvalue weighted by Gasteiger charge is -2.46. The Morgan fingerprint density at radius 3 is 2.76 bits per heavy atom. The van der Waals surface area contributed by atoms with Gasteiger partial charge in [0.25, 0.3) is 0 Å². The first-order valence-corrected chi connectivity index (χ1v) is 9.18. The second kappa shape index (κ2) is 7.41. The van der Waals surface area contributed by atoms with Crippen molar-refractivity contribution in [3.05, 3.63) is 12.0 Å². The molecule has 2 aliphatic heterocycles. The number of nitrogens with zero attached hydrogens (tertiary/aromatic N) is 1. The van der Waals surface area contributed by atoms with Gasteiger partial charge in [0.2, 0.25) is 5.92 Å². The van der Waals surface area contributed by atoms with Crippen LogP contribution in [0.5, 0.6) is 0 Å². The van der Waals surface area contributed by atoms with Crippen molar-refractivity contribution in [2.45, 2.75) is 66.6 Å². The summed E-state index contributed by atoms with van der Waals surface area (Å²) in [5, 5.41) is 31.6. The van der Waals surface area contributed by atoms with Gasteiger partial charge in [-0.05, 0) is 12.8 Å². The molecule has 7 N–H and O–H groups in total. The number of hydrogen-bond donors (Lipinski definition) is 6. The van der Waals surface area contributed by atoms with Gasteiger partial charge in [0.15, 0.2) is 0 Å². The SMILES string of the molecule is NC1=CN([C@@H]2C(O)[C@@H](SC3CCCC(F)(F)C3)OC(CO)[C@@H]2O)NN1. The molecule has 3 rings (SSSR count). The summed E-state index contributed by atoms with van der Waals surface area (Å²) in [5.74, 6) is -2.41. The first kappa shape index (κ1) is 18.9. The molecule has 2 fully saturated rings. The van der Waals surface area contributed by atoms with E-state index in [0.717, 1.165) is 11.8 Å². The third-order valence-electron chi connectivity index (χ3n) is 4.70. The monoisotopic (exact) mass is 382 g/mol. The number of rotatable bonds is 4. The Hall–Kier alpha value is -0.850. The molecule has 0 aromatic carbocycles. The topological polar surface area (TPSA) is 123 Å². The van der Waals surface area contributed by atoms with Crippen molar-refractivity contribution in [3.8, 4) is 0 Å². The average molecular weight is 382 g/mol. The number of nitrogens with one attached hydrogen (secondary N) is 2. The fourth-order valence-corrected chi connectivity index (χ4v) is 5.00. The number of hydrazine groups is 2. The van der Waals surface area contributed by atoms with Crippen LogP contribution in [0.2, 0.25) is 0 Å². The molecule has 0 aromatic heterocycles. The lowest BCUT2D eigenvalue weighted by Crippen LogP contribution is -2.65. The van der Waals surface area contributed by atoms with Crippen molar-refractivity contribution in [1.82, 2.24) is 16.0 Å². The van der Waals surface area contributed by atoms with E-state index in [4.69, 9.17) is 10.5 Å². The van der Waals surface area contributed by atoms with E-state index < -0.39 is 42.3 Å². The van der Waals surface area contributed by atoms with Crippen molar-refractivity contribution in [1.29, 1.82) is 0 Å². The number of halogens is 2. The molecule has 1 aliphatic carbocycles. The molecule has 144 valence electrons. The van der Waals surface area contributed by atoms with Crippen LogP contribution in [0.4, 0.5) is 8.78 Å². The molecule has 0 radical (unpaired) electrons. The fraction of sp³-hybridized carbons (Fsp3) is 0.857. The molecule has 0 spiro atoms. The molecule has 3 aliphatic rings. The van der Waals surface area contributed by atoms with Crippen LogP contribution in [0.15, 0.2) is 12.0 Å². The number of nitrogens with two attached hydrogens (primary N) is 1. The Morgan fingerprint density at radius 1 is 1.40 bits per heavy atom. The Morgan fingerprint density at radius 2 is 2.16 bits per heavy atom. The van der Waals surface area contributed by atoms with Gasteiger partial charge in [-0.3, -0.25) is 10.4 Å². The zero-order valence-corrected chi connectivity index (χ0v) is 14.3. The molecule has 8 nitrogen and oxygen atoms in total. The van der Waals surface area contributed by atoms with Crippen LogP contribution in [-0.2, 0) is 4.74 Å². The van der Waals surface area contributed by atoms with E-state index in [2.05, 4.69) is 11.0 Å². The zero-order valence-electron chi connectivity index (χ0n) is 13.5. The van der Waals surface area contributed by atoms with Crippen molar-refractivity contribution in [3.63, 3.8) is 0 Å². The summed E-state index contributed by atoms with van der Waals surface area (Å²) >= 11 is 1.14. The van der Waals surface area contributed by atoms with Gasteiger partial charge < -0.3 is 25.8 Å². The van der Waals surface area contributed by atoms with Crippen LogP contribution in [0.1, 0.15) is 25.7 Å². The van der Waals surface area contributed by atoms with Crippen LogP contribution < -0.4 is 16.7 Å². The van der Waals surface area contributed by atoms with Gasteiger partial charge in [-0.25, -0.2) is 8.78 Å². The highest BCUT2D eigenvalue weighted by molar-refractivity contribution is 8.00. The van der Waals surface area contributed by atoms with Gasteiger partial charge in [-0.2, -0.15) is 0 Å². The van der Waals surface area contributed by atoms with Crippen LogP contribution in [0.3, 0.4) is 0 Å². The van der Waals surface area contributed by atoms with Crippen molar-refractivity contribution in [2.75, 3.05) is 6.61 Å². The summed E-state index contributed by atoms with van der Waals surface area (Å²) in [6.07, 6.45) is -1.19. The van der Waals surface area contributed by atoms with Crippen molar-refractivity contribution >= 4 is 11.8 Å². The Labute approximate surface area is 148 Å². The van der Waals surface area contributed by atoms with E-state index in [1.807, 2.05) is 0 Å². The molecular weight excluding hydrogens is 358 g/mol. The van der Waals surface area contributed by atoms with E-state index in [0.29, 0.717) is 18.7 Å². The maximum atomic E-state index is 13.6. The van der Waals surface area contributed by atoms with Crippen LogP contribution >= 0.6 is 11.8 Å². The minimum atomic E-state index is -2.71. The third-order valence-corrected chi connectivity index (χ3v) is 6.14. The summed E-state index contributed by atoms with van der Waals surface area (Å²) in [7, 11) is 0. The third kappa shape index (κ3) is 4.12. The van der Waals surface area contributed by atoms with E-state index >= 15 is 0 Å². The number of alkyl halides is 2. The van der Waals surface area contributed by atoms with Crippen molar-refractivity contribution < 1.29 is 28.8 Å². The lowest BCUT2D eigenvalue weighted by atomic mass is 9.96. The molecule has 0 amide bonds. The van der Waals surface area contributed by atoms with Gasteiger partial charge in [0, 0.05) is 18.1 Å². The number of hydrogen-bond acceptors (Lipinski definition) is 9. The maximum absolute atomic E-state index is 13.6. The molecular formula is C14H24F2N4O4S. The normalized spacial score (nSPS) is 41.3. The smallest absolute Gasteiger partial charge is 0.249 e. The van der Waals surface area contributed by atoms with Gasteiger partial charge in [-0.15, -0.1) is 17.3 Å². The summed E-state index contributed by atoms with van der Waals surface area (Å²) in [6, 6.07) is -0.860. The van der Waals surface area contributed by atoms with Gasteiger partial charge in [0.05, 0.1) is 12.8 Å². The average Bonchev–Trinajstić information content (AvgIpc) is 2.95. The van der Waals surface area contributed by atoms with E-state index in [1.165, 1.54) is 11.2 Å². The molecule has 11 heteroatoms. The first-order valence-electron chi connectivity index (χ1n) is 8.24. The van der Waals surface area contributed by atoms with E-state index in [9.17, 15) is 24.1 Å². The van der Waals surface area contributed by atoms with Crippen LogP contribution in [0.25, 0.3) is 0 Å². The molecule has 6 atom stereocenters. The lowest BCUT2D eigenvalue weighted by molar-refractivity contribution is -0.189. The highest BCUT2D eigenvalue weighted by atomic mass is 32.2. The van der Waals surface area contributed by atoms with Crippen LogP contribution in [-0.4, -0.2) is 67.9 Å². The summed E-state index contributed by atoms with van der Waals surface area (Å²) in [4.78, 5) is 0. The summed E-state index contributed by atoms with van der Waals surface area (Å²) in [6.45, 7) is -0.456. The largest absolute Gasteiger partial charge is 0.394 e. The quantitative estimate of drug-likeness (QED) is 0.370. The van der Waals surface area contributed by atoms with Gasteiger partial charge in [-0.1, -0.05) is 0 Å². The summed E-state index contributed by atoms with van der Waals surface area (Å²) in [5.41, 5.74) is 10.1. The Balaban J connectivity index is 1.72. The first-order chi connectivity index (χ1) is 11.8. The molecule has 3 unspecified atom stereocenters.